The van der Waals surface area contributed by atoms with E-state index in [0.717, 1.165) is 12.0 Å². The molecule has 1 aliphatic carbocycles. The Kier molecular flexibility index (Phi) is 3.99. The summed E-state index contributed by atoms with van der Waals surface area (Å²) >= 11 is 0. The molecule has 3 nitrogen and oxygen atoms in total. The van der Waals surface area contributed by atoms with Crippen LogP contribution >= 0.6 is 0 Å². The van der Waals surface area contributed by atoms with E-state index < -0.39 is 0 Å². The van der Waals surface area contributed by atoms with E-state index in [1.807, 2.05) is 0 Å². The van der Waals surface area contributed by atoms with Gasteiger partial charge in [0.05, 0.1) is 0 Å². The highest BCUT2D eigenvalue weighted by atomic mass is 15.2. The Morgan fingerprint density at radius 3 is 2.45 bits per heavy atom. The molecule has 1 aromatic carbocycles. The molecule has 2 unspecified atom stereocenters. The molecule has 3 heteroatoms. The fraction of sp³-hybridized carbons (Fsp3) is 0.647. The largest absolute Gasteiger partial charge is 0.378 e. The number of hydrogen-bond donors (Lipinski definition) is 1. The van der Waals surface area contributed by atoms with Gasteiger partial charge in [0.1, 0.15) is 0 Å². The summed E-state index contributed by atoms with van der Waals surface area (Å²) in [5.41, 5.74) is 2.75. The minimum Gasteiger partial charge on any atom is -0.378 e. The lowest BCUT2D eigenvalue weighted by Crippen LogP contribution is -2.29. The van der Waals surface area contributed by atoms with E-state index >= 15 is 0 Å². The highest BCUT2D eigenvalue weighted by Gasteiger charge is 2.34. The molecule has 2 fully saturated rings. The van der Waals surface area contributed by atoms with Crippen molar-refractivity contribution in [2.24, 2.45) is 5.92 Å². The van der Waals surface area contributed by atoms with Crippen LogP contribution in [0.3, 0.4) is 0 Å². The zero-order valence-corrected chi connectivity index (χ0v) is 13.0. The smallest absolute Gasteiger partial charge is 0.0385 e. The van der Waals surface area contributed by atoms with Gasteiger partial charge in [-0.15, -0.1) is 0 Å². The molecule has 1 heterocycles. The van der Waals surface area contributed by atoms with Crippen molar-refractivity contribution < 1.29 is 0 Å². The summed E-state index contributed by atoms with van der Waals surface area (Å²) in [6.45, 7) is 2.40. The van der Waals surface area contributed by atoms with Gasteiger partial charge in [0.25, 0.3) is 0 Å². The summed E-state index contributed by atoms with van der Waals surface area (Å²) < 4.78 is 0. The number of nitrogens with one attached hydrogen (secondary N) is 1. The Labute approximate surface area is 123 Å². The maximum atomic E-state index is 3.71. The molecule has 1 aromatic rings. The molecule has 0 radical (unpaired) electrons. The number of hydrogen-bond acceptors (Lipinski definition) is 3. The van der Waals surface area contributed by atoms with E-state index in [4.69, 9.17) is 0 Å². The van der Waals surface area contributed by atoms with Crippen LogP contribution in [-0.2, 0) is 0 Å². The summed E-state index contributed by atoms with van der Waals surface area (Å²) in [4.78, 5) is 4.68. The van der Waals surface area contributed by atoms with Gasteiger partial charge in [-0.3, -0.25) is 4.90 Å². The molecule has 0 aromatic heterocycles. The molecule has 0 bridgehead atoms. The SMILES string of the molecule is CN(C)c1ccc(C2C(CNC3CC3)CCN2C)cc1. The zero-order valence-electron chi connectivity index (χ0n) is 13.0. The molecule has 1 saturated carbocycles. The standard InChI is InChI=1S/C17H27N3/c1-19(2)16-8-4-13(5-9-16)17-14(10-11-20(17)3)12-18-15-6-7-15/h4-5,8-9,14-15,17-18H,6-7,10-12H2,1-3H3. The van der Waals surface area contributed by atoms with Crippen molar-refractivity contribution in [1.29, 1.82) is 0 Å². The second-order valence-corrected chi connectivity index (χ2v) is 6.64. The number of benzene rings is 1. The van der Waals surface area contributed by atoms with Crippen molar-refractivity contribution in [3.05, 3.63) is 29.8 Å². The van der Waals surface area contributed by atoms with E-state index in [9.17, 15) is 0 Å². The topological polar surface area (TPSA) is 18.5 Å². The Bertz CT molecular complexity index is 436. The summed E-state index contributed by atoms with van der Waals surface area (Å²) in [5.74, 6) is 0.755. The van der Waals surface area contributed by atoms with Crippen LogP contribution in [0.5, 0.6) is 0 Å². The van der Waals surface area contributed by atoms with Gasteiger partial charge in [-0.05, 0) is 56.5 Å². The molecule has 0 spiro atoms. The molecule has 1 N–H and O–H groups in total. The van der Waals surface area contributed by atoms with Crippen LogP contribution in [-0.4, -0.2) is 45.2 Å². The van der Waals surface area contributed by atoms with Gasteiger partial charge < -0.3 is 10.2 Å². The van der Waals surface area contributed by atoms with Crippen LogP contribution in [0, 0.1) is 5.92 Å². The van der Waals surface area contributed by atoms with Crippen molar-refractivity contribution >= 4 is 5.69 Å². The molecule has 1 aliphatic heterocycles. The van der Waals surface area contributed by atoms with Gasteiger partial charge in [0, 0.05) is 38.4 Å². The third-order valence-electron chi connectivity index (χ3n) is 4.77. The first-order valence-electron chi connectivity index (χ1n) is 7.86. The van der Waals surface area contributed by atoms with Gasteiger partial charge >= 0.3 is 0 Å². The summed E-state index contributed by atoms with van der Waals surface area (Å²) in [5, 5.41) is 3.71. The Hall–Kier alpha value is -1.06. The molecule has 110 valence electrons. The first kappa shape index (κ1) is 13.9. The predicted octanol–water partition coefficient (Wildman–Crippen LogP) is 2.50. The lowest BCUT2D eigenvalue weighted by atomic mass is 9.93. The molecule has 2 aliphatic rings. The number of anilines is 1. The fourth-order valence-corrected chi connectivity index (χ4v) is 3.34. The van der Waals surface area contributed by atoms with Crippen LogP contribution < -0.4 is 10.2 Å². The van der Waals surface area contributed by atoms with Crippen molar-refractivity contribution in [1.82, 2.24) is 10.2 Å². The van der Waals surface area contributed by atoms with Crippen LogP contribution in [0.15, 0.2) is 24.3 Å². The van der Waals surface area contributed by atoms with E-state index in [-0.39, 0.29) is 0 Å². The minimum absolute atomic E-state index is 0.581. The normalized spacial score (nSPS) is 26.9. The monoisotopic (exact) mass is 273 g/mol. The van der Waals surface area contributed by atoms with Crippen molar-refractivity contribution in [2.45, 2.75) is 31.3 Å². The summed E-state index contributed by atoms with van der Waals surface area (Å²) in [6.07, 6.45) is 4.08. The maximum Gasteiger partial charge on any atom is 0.0385 e. The van der Waals surface area contributed by atoms with Crippen molar-refractivity contribution in [2.75, 3.05) is 39.1 Å². The number of likely N-dealkylation sites (tertiary alicyclic amines) is 1. The average Bonchev–Trinajstić information content (AvgIpc) is 3.20. The first-order chi connectivity index (χ1) is 9.65. The average molecular weight is 273 g/mol. The van der Waals surface area contributed by atoms with Crippen LogP contribution in [0.25, 0.3) is 0 Å². The maximum absolute atomic E-state index is 3.71. The van der Waals surface area contributed by atoms with Crippen LogP contribution in [0.4, 0.5) is 5.69 Å². The quantitative estimate of drug-likeness (QED) is 0.889. The minimum atomic E-state index is 0.581. The first-order valence-corrected chi connectivity index (χ1v) is 7.86. The summed E-state index contributed by atoms with van der Waals surface area (Å²) in [7, 11) is 6.46. The number of nitrogens with zero attached hydrogens (tertiary/aromatic N) is 2. The van der Waals surface area contributed by atoms with Gasteiger partial charge in [-0.2, -0.15) is 0 Å². The molecule has 3 rings (SSSR count). The third kappa shape index (κ3) is 2.99. The lowest BCUT2D eigenvalue weighted by molar-refractivity contribution is 0.272. The predicted molar refractivity (Wildman–Crippen MR) is 85.3 cm³/mol. The van der Waals surface area contributed by atoms with E-state index in [1.165, 1.54) is 43.6 Å². The van der Waals surface area contributed by atoms with E-state index in [0.29, 0.717) is 6.04 Å². The molecule has 0 amide bonds. The van der Waals surface area contributed by atoms with E-state index in [2.05, 4.69) is 60.5 Å². The van der Waals surface area contributed by atoms with Crippen molar-refractivity contribution in [3.8, 4) is 0 Å². The Morgan fingerprint density at radius 2 is 1.85 bits per heavy atom. The van der Waals surface area contributed by atoms with Gasteiger partial charge in [-0.25, -0.2) is 0 Å². The van der Waals surface area contributed by atoms with Gasteiger partial charge in [0.15, 0.2) is 0 Å². The molecule has 20 heavy (non-hydrogen) atoms. The lowest BCUT2D eigenvalue weighted by Gasteiger charge is -2.26. The summed E-state index contributed by atoms with van der Waals surface area (Å²) in [6, 6.07) is 10.5. The van der Waals surface area contributed by atoms with Gasteiger partial charge in [-0.1, -0.05) is 12.1 Å². The highest BCUT2D eigenvalue weighted by molar-refractivity contribution is 5.46. The zero-order chi connectivity index (χ0) is 14.1. The molecule has 1 saturated heterocycles. The van der Waals surface area contributed by atoms with Crippen LogP contribution in [0.2, 0.25) is 0 Å². The Morgan fingerprint density at radius 1 is 1.15 bits per heavy atom. The second kappa shape index (κ2) is 5.74. The van der Waals surface area contributed by atoms with Crippen molar-refractivity contribution in [3.63, 3.8) is 0 Å². The van der Waals surface area contributed by atoms with E-state index in [1.54, 1.807) is 0 Å². The fourth-order valence-electron chi connectivity index (χ4n) is 3.34. The second-order valence-electron chi connectivity index (χ2n) is 6.64. The van der Waals surface area contributed by atoms with Gasteiger partial charge in [0.2, 0.25) is 0 Å². The highest BCUT2D eigenvalue weighted by Crippen LogP contribution is 2.36. The van der Waals surface area contributed by atoms with Crippen LogP contribution in [0.1, 0.15) is 30.9 Å². The number of rotatable bonds is 5. The molecule has 2 atom stereocenters. The molecular weight excluding hydrogens is 246 g/mol. The Balaban J connectivity index is 1.70. The molecular formula is C17H27N3. The third-order valence-corrected chi connectivity index (χ3v) is 4.77.